The number of hydrogen-bond acceptors (Lipinski definition) is 12. The van der Waals surface area contributed by atoms with Crippen LogP contribution in [0.25, 0.3) is 0 Å². The fourth-order valence-corrected chi connectivity index (χ4v) is 2.84. The smallest absolute Gasteiger partial charge is 0.394 e. The second-order valence-electron chi connectivity index (χ2n) is 6.41. The molecule has 0 amide bonds. The van der Waals surface area contributed by atoms with Gasteiger partial charge in [-0.25, -0.2) is 4.79 Å². The van der Waals surface area contributed by atoms with Crippen LogP contribution in [0.1, 0.15) is 6.42 Å². The minimum Gasteiger partial charge on any atom is -0.479 e. The van der Waals surface area contributed by atoms with E-state index in [0.717, 1.165) is 0 Å². The first-order valence-electron chi connectivity index (χ1n) is 7.87. The van der Waals surface area contributed by atoms with Gasteiger partial charge in [0.2, 0.25) is 0 Å². The summed E-state index contributed by atoms with van der Waals surface area (Å²) in [6, 6.07) is -2.76. The molecule has 0 aromatic heterocycles. The molecule has 13 N–H and O–H groups in total. The van der Waals surface area contributed by atoms with Crippen molar-refractivity contribution in [3.63, 3.8) is 0 Å². The molecule has 0 aromatic rings. The lowest BCUT2D eigenvalue weighted by Gasteiger charge is -2.45. The number of carboxylic acids is 1. The van der Waals surface area contributed by atoms with Gasteiger partial charge in [0.1, 0.15) is 24.4 Å². The van der Waals surface area contributed by atoms with Crippen LogP contribution in [0.2, 0.25) is 0 Å². The first-order chi connectivity index (χ1) is 12.6. The van der Waals surface area contributed by atoms with Crippen molar-refractivity contribution in [3.8, 4) is 0 Å². The van der Waals surface area contributed by atoms with Crippen LogP contribution in [0, 0.1) is 0 Å². The molecule has 15 nitrogen and oxygen atoms in total. The average Bonchev–Trinajstić information content (AvgIpc) is 2.54. The molecule has 1 saturated heterocycles. The number of aliphatic carboxylic acids is 1. The summed E-state index contributed by atoms with van der Waals surface area (Å²) < 4.78 is 42.1. The molecule has 166 valence electrons. The Morgan fingerprint density at radius 1 is 0.929 bits per heavy atom. The van der Waals surface area contributed by atoms with E-state index in [0.29, 0.717) is 0 Å². The maximum Gasteiger partial charge on any atom is 0.394 e. The van der Waals surface area contributed by atoms with Crippen molar-refractivity contribution < 1.29 is 57.3 Å². The van der Waals surface area contributed by atoms with Gasteiger partial charge in [-0.15, -0.1) is 0 Å². The Balaban J connectivity index is 0.000000696. The van der Waals surface area contributed by atoms with Crippen LogP contribution in [0.5, 0.6) is 0 Å². The van der Waals surface area contributed by atoms with Gasteiger partial charge in [-0.1, -0.05) is 0 Å². The molecule has 2 aliphatic rings. The molecule has 0 bridgehead atoms. The van der Waals surface area contributed by atoms with Crippen LogP contribution in [0.4, 0.5) is 0 Å². The molecule has 0 aromatic carbocycles. The lowest BCUT2D eigenvalue weighted by atomic mass is 9.84. The fourth-order valence-electron chi connectivity index (χ4n) is 2.84. The van der Waals surface area contributed by atoms with Gasteiger partial charge in [0.15, 0.2) is 12.4 Å². The molecule has 0 unspecified atom stereocenters. The normalized spacial score (nSPS) is 44.3. The van der Waals surface area contributed by atoms with E-state index in [1.165, 1.54) is 0 Å². The number of aliphatic hydroxyl groups is 4. The number of hydrogen-bond donors (Lipinski definition) is 10. The Labute approximate surface area is 159 Å². The topological polar surface area (TPSA) is 289 Å². The summed E-state index contributed by atoms with van der Waals surface area (Å²) in [5, 5.41) is 48.3. The van der Waals surface area contributed by atoms with Crippen molar-refractivity contribution in [2.75, 3.05) is 0 Å². The van der Waals surface area contributed by atoms with E-state index in [9.17, 15) is 25.2 Å². The zero-order chi connectivity index (χ0) is 22.0. The van der Waals surface area contributed by atoms with Gasteiger partial charge in [0.05, 0.1) is 12.1 Å². The Hall–Kier alpha value is -1.02. The van der Waals surface area contributed by atoms with Crippen LogP contribution < -0.4 is 17.2 Å². The predicted octanol–water partition coefficient (Wildman–Crippen LogP) is -5.64. The van der Waals surface area contributed by atoms with E-state index in [1.54, 1.807) is 0 Å². The van der Waals surface area contributed by atoms with Crippen LogP contribution in [-0.4, -0.2) is 110 Å². The quantitative estimate of drug-likeness (QED) is 0.185. The van der Waals surface area contributed by atoms with E-state index in [1.807, 2.05) is 0 Å². The van der Waals surface area contributed by atoms with Gasteiger partial charge in [-0.3, -0.25) is 9.11 Å². The molecular formula is C12H25N3O12S. The van der Waals surface area contributed by atoms with Gasteiger partial charge in [-0.05, 0) is 6.42 Å². The second-order valence-corrected chi connectivity index (χ2v) is 7.31. The van der Waals surface area contributed by atoms with E-state index >= 15 is 0 Å². The maximum absolute atomic E-state index is 11.1. The summed E-state index contributed by atoms with van der Waals surface area (Å²) in [5.74, 6) is -1.51. The number of rotatable bonds is 3. The lowest BCUT2D eigenvalue weighted by molar-refractivity contribution is -0.287. The summed E-state index contributed by atoms with van der Waals surface area (Å²) in [7, 11) is -4.67. The van der Waals surface area contributed by atoms with E-state index in [-0.39, 0.29) is 6.42 Å². The fraction of sp³-hybridized carbons (Fsp3) is 0.917. The van der Waals surface area contributed by atoms with Crippen molar-refractivity contribution in [1.29, 1.82) is 0 Å². The Morgan fingerprint density at radius 2 is 1.43 bits per heavy atom. The van der Waals surface area contributed by atoms with Crippen LogP contribution >= 0.6 is 0 Å². The first-order valence-corrected chi connectivity index (χ1v) is 9.27. The van der Waals surface area contributed by atoms with Crippen molar-refractivity contribution in [2.45, 2.75) is 67.5 Å². The SMILES string of the molecule is N[C@H]1[C@@H](O[C@H]2[C@H](O)[C@@H](O)[C@H](N)C[C@@H]2N)O[C@@H](C(=O)O)[C@@H](O)[C@@H]1O.O=S(=O)(O)O. The van der Waals surface area contributed by atoms with Crippen LogP contribution in [0.3, 0.4) is 0 Å². The third kappa shape index (κ3) is 6.51. The summed E-state index contributed by atoms with van der Waals surface area (Å²) >= 11 is 0. The van der Waals surface area contributed by atoms with Gasteiger partial charge in [0.25, 0.3) is 0 Å². The highest BCUT2D eigenvalue weighted by Gasteiger charge is 2.49. The molecule has 2 rings (SSSR count). The molecular weight excluding hydrogens is 410 g/mol. The molecule has 1 aliphatic carbocycles. The molecule has 10 atom stereocenters. The molecule has 28 heavy (non-hydrogen) atoms. The summed E-state index contributed by atoms with van der Waals surface area (Å²) in [4.78, 5) is 11.1. The third-order valence-corrected chi connectivity index (χ3v) is 4.28. The highest BCUT2D eigenvalue weighted by atomic mass is 32.3. The van der Waals surface area contributed by atoms with Crippen molar-refractivity contribution in [1.82, 2.24) is 0 Å². The lowest BCUT2D eigenvalue weighted by Crippen LogP contribution is -2.67. The first kappa shape index (κ1) is 25.0. The summed E-state index contributed by atoms with van der Waals surface area (Å²) in [5.41, 5.74) is 17.2. The molecule has 1 heterocycles. The van der Waals surface area contributed by atoms with Gasteiger partial charge < -0.3 is 52.2 Å². The van der Waals surface area contributed by atoms with E-state index in [4.69, 9.17) is 49.3 Å². The van der Waals surface area contributed by atoms with Gasteiger partial charge in [-0.2, -0.15) is 8.42 Å². The Bertz CT molecular complexity index is 627. The number of carboxylic acid groups (broad SMARTS) is 1. The van der Waals surface area contributed by atoms with Gasteiger partial charge >= 0.3 is 16.4 Å². The highest BCUT2D eigenvalue weighted by molar-refractivity contribution is 7.79. The number of aliphatic hydroxyl groups excluding tert-OH is 4. The zero-order valence-electron chi connectivity index (χ0n) is 14.3. The Morgan fingerprint density at radius 3 is 1.89 bits per heavy atom. The second kappa shape index (κ2) is 9.65. The van der Waals surface area contributed by atoms with Crippen LogP contribution in [0.15, 0.2) is 0 Å². The van der Waals surface area contributed by atoms with E-state index in [2.05, 4.69) is 0 Å². The maximum atomic E-state index is 11.1. The highest BCUT2D eigenvalue weighted by Crippen LogP contribution is 2.27. The average molecular weight is 435 g/mol. The summed E-state index contributed by atoms with van der Waals surface area (Å²) in [6.07, 6.45) is -10.2. The van der Waals surface area contributed by atoms with Crippen molar-refractivity contribution in [2.24, 2.45) is 17.2 Å². The third-order valence-electron chi connectivity index (χ3n) is 4.28. The molecule has 16 heteroatoms. The van der Waals surface area contributed by atoms with Crippen LogP contribution in [-0.2, 0) is 24.7 Å². The molecule has 2 fully saturated rings. The predicted molar refractivity (Wildman–Crippen MR) is 87.9 cm³/mol. The Kier molecular flexibility index (Phi) is 8.62. The molecule has 0 radical (unpaired) electrons. The molecule has 1 saturated carbocycles. The molecule has 0 spiro atoms. The minimum absolute atomic E-state index is 0.151. The monoisotopic (exact) mass is 435 g/mol. The zero-order valence-corrected chi connectivity index (χ0v) is 15.1. The van der Waals surface area contributed by atoms with Crippen molar-refractivity contribution >= 4 is 16.4 Å². The number of carbonyl (C=O) groups is 1. The molecule has 1 aliphatic heterocycles. The number of nitrogens with two attached hydrogens (primary N) is 3. The van der Waals surface area contributed by atoms with Crippen molar-refractivity contribution in [3.05, 3.63) is 0 Å². The largest absolute Gasteiger partial charge is 0.479 e. The summed E-state index contributed by atoms with van der Waals surface area (Å²) in [6.45, 7) is 0. The number of ether oxygens (including phenoxy) is 2. The standard InChI is InChI=1S/C12H23N3O8.H2O4S/c13-2-1-3(14)9(7(18)5(2)16)22-12-4(15)6(17)8(19)10(23-12)11(20)21;1-5(2,3)4/h2-10,12,16-19H,1,13-15H2,(H,20,21);(H2,1,2,3,4)/t2-,3+,4-,5+,6-,7-,8+,9-,10-,12+;/m1./s1. The van der Waals surface area contributed by atoms with E-state index < -0.39 is 77.4 Å². The minimum atomic E-state index is -4.67. The van der Waals surface area contributed by atoms with Gasteiger partial charge in [0, 0.05) is 12.1 Å².